The molecule has 1 aromatic heterocycles. The van der Waals surface area contributed by atoms with E-state index in [1.54, 1.807) is 6.07 Å². The maximum Gasteiger partial charge on any atom is 0.348 e. The van der Waals surface area contributed by atoms with Gasteiger partial charge >= 0.3 is 5.97 Å². The van der Waals surface area contributed by atoms with Gasteiger partial charge in [-0.3, -0.25) is 0 Å². The van der Waals surface area contributed by atoms with Gasteiger partial charge in [0.15, 0.2) is 0 Å². The first-order chi connectivity index (χ1) is 14.4. The van der Waals surface area contributed by atoms with E-state index in [1.165, 1.54) is 16.2 Å². The van der Waals surface area contributed by atoms with Crippen LogP contribution in [0.1, 0.15) is 52.7 Å². The zero-order valence-corrected chi connectivity index (χ0v) is 20.0. The van der Waals surface area contributed by atoms with E-state index in [9.17, 15) is 9.90 Å². The summed E-state index contributed by atoms with van der Waals surface area (Å²) in [6.45, 7) is 2.19. The van der Waals surface area contributed by atoms with Crippen LogP contribution in [0.25, 0.3) is 0 Å². The fraction of sp³-hybridized carbons (Fsp3) is 0.522. The predicted molar refractivity (Wildman–Crippen MR) is 125 cm³/mol. The van der Waals surface area contributed by atoms with Gasteiger partial charge in [-0.1, -0.05) is 23.2 Å². The lowest BCUT2D eigenvalue weighted by atomic mass is 9.85. The number of hydrogen-bond donors (Lipinski definition) is 1. The fourth-order valence-corrected chi connectivity index (χ4v) is 6.37. The van der Waals surface area contributed by atoms with Crippen LogP contribution in [0.15, 0.2) is 30.3 Å². The summed E-state index contributed by atoms with van der Waals surface area (Å²) in [5.41, 5.74) is 1.08. The third kappa shape index (κ3) is 6.37. The molecule has 0 saturated heterocycles. The smallest absolute Gasteiger partial charge is 0.348 e. The molecule has 2 aromatic rings. The lowest BCUT2D eigenvalue weighted by Gasteiger charge is -2.23. The van der Waals surface area contributed by atoms with E-state index in [1.807, 2.05) is 31.2 Å². The van der Waals surface area contributed by atoms with Gasteiger partial charge in [0, 0.05) is 20.3 Å². The number of alkyl halides is 1. The minimum Gasteiger partial charge on any atom is -0.462 e. The van der Waals surface area contributed by atoms with Crippen LogP contribution < -0.4 is 0 Å². The van der Waals surface area contributed by atoms with Crippen molar-refractivity contribution in [1.82, 2.24) is 0 Å². The van der Waals surface area contributed by atoms with Crippen LogP contribution in [0.2, 0.25) is 10.0 Å². The summed E-state index contributed by atoms with van der Waals surface area (Å²) in [5, 5.41) is 11.8. The highest BCUT2D eigenvalue weighted by molar-refractivity contribution is 7.13. The van der Waals surface area contributed by atoms with Crippen molar-refractivity contribution >= 4 is 52.1 Å². The highest BCUT2D eigenvalue weighted by atomic mass is 35.5. The second-order valence-corrected chi connectivity index (χ2v) is 10.4. The Morgan fingerprint density at radius 3 is 2.57 bits per heavy atom. The molecule has 1 aliphatic carbocycles. The lowest BCUT2D eigenvalue weighted by Crippen LogP contribution is -2.21. The van der Waals surface area contributed by atoms with Gasteiger partial charge in [-0.25, -0.2) is 4.79 Å². The maximum absolute atomic E-state index is 11.8. The average molecular weight is 490 g/mol. The van der Waals surface area contributed by atoms with Gasteiger partial charge in [-0.05, 0) is 93.2 Å². The number of aliphatic hydroxyl groups excluding tert-OH is 1. The average Bonchev–Trinajstić information content (AvgIpc) is 3.24. The van der Waals surface area contributed by atoms with E-state index in [-0.39, 0.29) is 29.3 Å². The molecular formula is C23H27Cl3O3S. The van der Waals surface area contributed by atoms with Crippen LogP contribution in [-0.2, 0) is 17.6 Å². The quantitative estimate of drug-likeness (QED) is 0.311. The SMILES string of the molecule is CCOC(=O)c1ccc(CCC[C@@H]2[C@@H](CCc3cc(Cl)cc(Cl)c3)[C@H](O)C[C@H]2Cl)s1. The van der Waals surface area contributed by atoms with Crippen molar-refractivity contribution in [3.8, 4) is 0 Å². The van der Waals surface area contributed by atoms with Crippen LogP contribution in [0.4, 0.5) is 0 Å². The highest BCUT2D eigenvalue weighted by Gasteiger charge is 2.40. The third-order valence-electron chi connectivity index (χ3n) is 5.76. The molecule has 0 radical (unpaired) electrons. The monoisotopic (exact) mass is 488 g/mol. The van der Waals surface area contributed by atoms with E-state index in [0.29, 0.717) is 28.0 Å². The first kappa shape index (κ1) is 23.9. The summed E-state index contributed by atoms with van der Waals surface area (Å²) in [6, 6.07) is 9.42. The molecule has 3 rings (SSSR count). The number of carbonyl (C=O) groups excluding carboxylic acids is 1. The number of esters is 1. The Kier molecular flexibility index (Phi) is 8.91. The number of halogens is 3. The Labute approximate surface area is 197 Å². The Bertz CT molecular complexity index is 834. The molecule has 0 spiro atoms. The normalized spacial score (nSPS) is 23.6. The van der Waals surface area contributed by atoms with E-state index in [0.717, 1.165) is 37.7 Å². The van der Waals surface area contributed by atoms with E-state index in [4.69, 9.17) is 39.5 Å². The standard InChI is InChI=1S/C23H27Cl3O3S/c1-2-29-23(28)22-9-7-17(30-22)4-3-5-18-19(21(27)13-20(18)26)8-6-14-10-15(24)12-16(25)11-14/h7,9-12,18-21,27H,2-6,8,13H2,1H3/t18-,19-,20-,21-/m1/s1. The molecule has 1 heterocycles. The zero-order chi connectivity index (χ0) is 21.7. The first-order valence-electron chi connectivity index (χ1n) is 10.4. The van der Waals surface area contributed by atoms with E-state index in [2.05, 4.69) is 0 Å². The molecule has 0 unspecified atom stereocenters. The zero-order valence-electron chi connectivity index (χ0n) is 17.0. The number of aliphatic hydroxyl groups is 1. The second-order valence-electron chi connectivity index (χ2n) is 7.84. The van der Waals surface area contributed by atoms with Gasteiger partial charge in [0.25, 0.3) is 0 Å². The van der Waals surface area contributed by atoms with Gasteiger partial charge in [-0.15, -0.1) is 22.9 Å². The lowest BCUT2D eigenvalue weighted by molar-refractivity contribution is 0.0532. The molecule has 1 aromatic carbocycles. The third-order valence-corrected chi connectivity index (χ3v) is 7.83. The van der Waals surface area contributed by atoms with E-state index >= 15 is 0 Å². The molecule has 30 heavy (non-hydrogen) atoms. The Morgan fingerprint density at radius 2 is 1.87 bits per heavy atom. The maximum atomic E-state index is 11.8. The second kappa shape index (κ2) is 11.2. The first-order valence-corrected chi connectivity index (χ1v) is 12.4. The summed E-state index contributed by atoms with van der Waals surface area (Å²) >= 11 is 20.3. The minimum atomic E-state index is -0.371. The van der Waals surface area contributed by atoms with Crippen molar-refractivity contribution in [2.45, 2.75) is 56.9 Å². The van der Waals surface area contributed by atoms with Crippen molar-refractivity contribution in [3.05, 3.63) is 55.7 Å². The summed E-state index contributed by atoms with van der Waals surface area (Å²) in [6.07, 6.45) is 4.77. The molecule has 1 fully saturated rings. The van der Waals surface area contributed by atoms with Crippen molar-refractivity contribution in [3.63, 3.8) is 0 Å². The van der Waals surface area contributed by atoms with Gasteiger partial charge in [0.1, 0.15) is 4.88 Å². The molecule has 3 nitrogen and oxygen atoms in total. The molecule has 0 amide bonds. The molecule has 0 aliphatic heterocycles. The van der Waals surface area contributed by atoms with Crippen molar-refractivity contribution < 1.29 is 14.6 Å². The molecule has 0 bridgehead atoms. The summed E-state index contributed by atoms with van der Waals surface area (Å²) < 4.78 is 5.05. The van der Waals surface area contributed by atoms with Crippen molar-refractivity contribution in [2.24, 2.45) is 11.8 Å². The number of aryl methyl sites for hydroxylation is 2. The largest absolute Gasteiger partial charge is 0.462 e. The molecule has 164 valence electrons. The van der Waals surface area contributed by atoms with Crippen molar-refractivity contribution in [2.75, 3.05) is 6.61 Å². The van der Waals surface area contributed by atoms with Gasteiger partial charge < -0.3 is 9.84 Å². The number of carbonyl (C=O) groups is 1. The number of hydrogen-bond acceptors (Lipinski definition) is 4. The molecule has 7 heteroatoms. The molecule has 1 aliphatic rings. The number of benzene rings is 1. The molecule has 1 saturated carbocycles. The van der Waals surface area contributed by atoms with Crippen LogP contribution >= 0.6 is 46.1 Å². The highest BCUT2D eigenvalue weighted by Crippen LogP contribution is 2.42. The van der Waals surface area contributed by atoms with Crippen LogP contribution in [0, 0.1) is 11.8 Å². The summed E-state index contributed by atoms with van der Waals surface area (Å²) in [7, 11) is 0. The fourth-order valence-electron chi connectivity index (χ4n) is 4.36. The summed E-state index contributed by atoms with van der Waals surface area (Å²) in [5.74, 6) is 0.194. The van der Waals surface area contributed by atoms with Gasteiger partial charge in [0.2, 0.25) is 0 Å². The predicted octanol–water partition coefficient (Wildman–Crippen LogP) is 6.79. The molecular weight excluding hydrogens is 463 g/mol. The Morgan fingerprint density at radius 1 is 1.13 bits per heavy atom. The number of rotatable bonds is 9. The van der Waals surface area contributed by atoms with Gasteiger partial charge in [-0.2, -0.15) is 0 Å². The van der Waals surface area contributed by atoms with E-state index < -0.39 is 0 Å². The Hall–Kier alpha value is -0.780. The van der Waals surface area contributed by atoms with Crippen LogP contribution in [0.5, 0.6) is 0 Å². The van der Waals surface area contributed by atoms with Crippen LogP contribution in [0.3, 0.4) is 0 Å². The minimum absolute atomic E-state index is 0.00798. The van der Waals surface area contributed by atoms with Crippen molar-refractivity contribution in [1.29, 1.82) is 0 Å². The Balaban J connectivity index is 1.54. The number of thiophene rings is 1. The van der Waals surface area contributed by atoms with Gasteiger partial charge in [0.05, 0.1) is 12.7 Å². The number of ether oxygens (including phenoxy) is 1. The summed E-state index contributed by atoms with van der Waals surface area (Å²) in [4.78, 5) is 13.6. The molecule has 4 atom stereocenters. The molecule has 1 N–H and O–H groups in total. The van der Waals surface area contributed by atoms with Crippen LogP contribution in [-0.4, -0.2) is 29.2 Å². The topological polar surface area (TPSA) is 46.5 Å².